The van der Waals surface area contributed by atoms with Crippen LogP contribution in [0.4, 0.5) is 0 Å². The zero-order valence-corrected chi connectivity index (χ0v) is 23.0. The zero-order valence-electron chi connectivity index (χ0n) is 23.0. The van der Waals surface area contributed by atoms with E-state index in [1.165, 1.54) is 33.0 Å². The molecule has 0 saturated carbocycles. The molecule has 2 nitrogen and oxygen atoms in total. The second kappa shape index (κ2) is 8.45. The van der Waals surface area contributed by atoms with E-state index < -0.39 is 0 Å². The molecule has 0 fully saturated rings. The second-order valence-corrected chi connectivity index (χ2v) is 12.1. The SMILES string of the molecule is Cc1cc(C)c2c(c1)nc(-c1cc(C(C)(C)C)c3ccccc3c1)c1c3cccc(CC(C)C)c3oc21. The molecule has 6 aromatic rings. The average Bonchev–Trinajstić information content (AvgIpc) is 3.22. The monoisotopic (exact) mass is 485 g/mol. The number of nitrogens with zero attached hydrogens (tertiary/aromatic N) is 1. The molecule has 37 heavy (non-hydrogen) atoms. The number of para-hydroxylation sites is 1. The van der Waals surface area contributed by atoms with Crippen molar-refractivity contribution in [1.29, 1.82) is 0 Å². The predicted octanol–water partition coefficient (Wildman–Crippen LogP) is 10.1. The van der Waals surface area contributed by atoms with Crippen LogP contribution in [0.25, 0.3) is 54.9 Å². The van der Waals surface area contributed by atoms with E-state index in [2.05, 4.69) is 115 Å². The van der Waals surface area contributed by atoms with Crippen molar-refractivity contribution in [3.05, 3.63) is 89.0 Å². The Hall–Kier alpha value is -3.65. The van der Waals surface area contributed by atoms with Crippen LogP contribution in [-0.4, -0.2) is 4.98 Å². The molecule has 0 aliphatic rings. The lowest BCUT2D eigenvalue weighted by atomic mass is 9.82. The number of aryl methyl sites for hydroxylation is 2. The van der Waals surface area contributed by atoms with Crippen molar-refractivity contribution < 1.29 is 4.42 Å². The summed E-state index contributed by atoms with van der Waals surface area (Å²) in [6.45, 7) is 15.7. The summed E-state index contributed by atoms with van der Waals surface area (Å²) in [7, 11) is 0. The van der Waals surface area contributed by atoms with Crippen LogP contribution in [0.15, 0.2) is 71.1 Å². The van der Waals surface area contributed by atoms with Gasteiger partial charge in [0, 0.05) is 16.3 Å². The molecule has 2 heterocycles. The fraction of sp³-hybridized carbons (Fsp3) is 0.286. The number of benzene rings is 4. The molecule has 2 aromatic heterocycles. The Morgan fingerprint density at radius 1 is 0.811 bits per heavy atom. The van der Waals surface area contributed by atoms with Crippen molar-refractivity contribution in [2.45, 2.75) is 60.3 Å². The zero-order chi connectivity index (χ0) is 26.1. The maximum atomic E-state index is 6.83. The lowest BCUT2D eigenvalue weighted by molar-refractivity contribution is 0.596. The highest BCUT2D eigenvalue weighted by Crippen LogP contribution is 2.43. The molecule has 0 saturated heterocycles. The minimum atomic E-state index is 0.00164. The van der Waals surface area contributed by atoms with Crippen molar-refractivity contribution in [2.24, 2.45) is 5.92 Å². The summed E-state index contributed by atoms with van der Waals surface area (Å²) in [6.07, 6.45) is 0.986. The van der Waals surface area contributed by atoms with E-state index in [9.17, 15) is 0 Å². The van der Waals surface area contributed by atoms with Crippen molar-refractivity contribution in [3.63, 3.8) is 0 Å². The van der Waals surface area contributed by atoms with E-state index >= 15 is 0 Å². The first-order chi connectivity index (χ1) is 17.6. The quantitative estimate of drug-likeness (QED) is 0.249. The van der Waals surface area contributed by atoms with Crippen molar-refractivity contribution in [2.75, 3.05) is 0 Å². The summed E-state index contributed by atoms with van der Waals surface area (Å²) in [6, 6.07) is 24.4. The van der Waals surface area contributed by atoms with E-state index in [0.717, 1.165) is 50.5 Å². The molecule has 0 aliphatic carbocycles. The molecule has 0 unspecified atom stereocenters. The van der Waals surface area contributed by atoms with Gasteiger partial charge in [0.15, 0.2) is 0 Å². The maximum absolute atomic E-state index is 6.83. The van der Waals surface area contributed by atoms with Crippen LogP contribution in [0.5, 0.6) is 0 Å². The topological polar surface area (TPSA) is 26.0 Å². The standard InChI is InChI=1S/C35H35NO/c1-20(2)15-24-12-10-14-27-31-32(25-18-23-11-8-9-13-26(23)28(19-25)35(5,6)7)36-29-17-21(3)16-22(4)30(29)34(31)37-33(24)27/h8-14,16-20H,15H2,1-7H3. The first-order valence-electron chi connectivity index (χ1n) is 13.4. The molecular formula is C35H35NO. The summed E-state index contributed by atoms with van der Waals surface area (Å²) in [5.74, 6) is 0.548. The van der Waals surface area contributed by atoms with E-state index in [-0.39, 0.29) is 5.41 Å². The minimum absolute atomic E-state index is 0.00164. The van der Waals surface area contributed by atoms with Crippen LogP contribution in [0.3, 0.4) is 0 Å². The number of aromatic nitrogens is 1. The molecule has 0 N–H and O–H groups in total. The summed E-state index contributed by atoms with van der Waals surface area (Å²) in [4.78, 5) is 5.38. The lowest BCUT2D eigenvalue weighted by Gasteiger charge is -2.23. The summed E-state index contributed by atoms with van der Waals surface area (Å²) >= 11 is 0. The van der Waals surface area contributed by atoms with Gasteiger partial charge in [0.1, 0.15) is 11.2 Å². The highest BCUT2D eigenvalue weighted by atomic mass is 16.3. The Balaban J connectivity index is 1.80. The van der Waals surface area contributed by atoms with Gasteiger partial charge in [-0.25, -0.2) is 4.98 Å². The molecule has 0 bridgehead atoms. The number of hydrogen-bond acceptors (Lipinski definition) is 2. The molecule has 0 atom stereocenters. The number of pyridine rings is 1. The highest BCUT2D eigenvalue weighted by Gasteiger charge is 2.23. The molecule has 0 amide bonds. The van der Waals surface area contributed by atoms with Crippen LogP contribution in [0.2, 0.25) is 0 Å². The first kappa shape index (κ1) is 23.7. The molecule has 6 rings (SSSR count). The van der Waals surface area contributed by atoms with Crippen LogP contribution in [0, 0.1) is 19.8 Å². The van der Waals surface area contributed by atoms with Crippen molar-refractivity contribution in [3.8, 4) is 11.3 Å². The fourth-order valence-electron chi connectivity index (χ4n) is 5.97. The van der Waals surface area contributed by atoms with Crippen LogP contribution in [-0.2, 0) is 11.8 Å². The van der Waals surface area contributed by atoms with E-state index in [4.69, 9.17) is 9.40 Å². The molecule has 0 aliphatic heterocycles. The van der Waals surface area contributed by atoms with Gasteiger partial charge in [-0.2, -0.15) is 0 Å². The summed E-state index contributed by atoms with van der Waals surface area (Å²) in [5, 5.41) is 5.94. The number of furan rings is 1. The fourth-order valence-corrected chi connectivity index (χ4v) is 5.97. The van der Waals surface area contributed by atoms with Gasteiger partial charge < -0.3 is 4.42 Å². The third-order valence-electron chi connectivity index (χ3n) is 7.52. The van der Waals surface area contributed by atoms with Gasteiger partial charge in [0.25, 0.3) is 0 Å². The van der Waals surface area contributed by atoms with Gasteiger partial charge in [0.2, 0.25) is 0 Å². The van der Waals surface area contributed by atoms with Gasteiger partial charge in [-0.05, 0) is 82.8 Å². The molecule has 0 spiro atoms. The second-order valence-electron chi connectivity index (χ2n) is 12.1. The molecule has 2 heteroatoms. The van der Waals surface area contributed by atoms with Crippen LogP contribution < -0.4 is 0 Å². The van der Waals surface area contributed by atoms with Crippen molar-refractivity contribution >= 4 is 43.6 Å². The molecule has 0 radical (unpaired) electrons. The maximum Gasteiger partial charge on any atom is 0.147 e. The normalized spacial score (nSPS) is 12.5. The van der Waals surface area contributed by atoms with Gasteiger partial charge in [-0.15, -0.1) is 0 Å². The highest BCUT2D eigenvalue weighted by molar-refractivity contribution is 6.20. The number of hydrogen-bond donors (Lipinski definition) is 0. The molecule has 186 valence electrons. The van der Waals surface area contributed by atoms with Crippen LogP contribution >= 0.6 is 0 Å². The predicted molar refractivity (Wildman–Crippen MR) is 159 cm³/mol. The van der Waals surface area contributed by atoms with E-state index in [0.29, 0.717) is 5.92 Å². The Morgan fingerprint density at radius 2 is 1.57 bits per heavy atom. The third-order valence-corrected chi connectivity index (χ3v) is 7.52. The van der Waals surface area contributed by atoms with Gasteiger partial charge >= 0.3 is 0 Å². The molecule has 4 aromatic carbocycles. The molecular weight excluding hydrogens is 450 g/mol. The lowest BCUT2D eigenvalue weighted by Crippen LogP contribution is -2.12. The number of rotatable bonds is 3. The van der Waals surface area contributed by atoms with Gasteiger partial charge in [-0.3, -0.25) is 0 Å². The third kappa shape index (κ3) is 3.91. The Labute approximate surface area is 219 Å². The first-order valence-corrected chi connectivity index (χ1v) is 13.4. The number of fused-ring (bicyclic) bond motifs is 6. The summed E-state index contributed by atoms with van der Waals surface area (Å²) in [5.41, 5.74) is 10.1. The van der Waals surface area contributed by atoms with Gasteiger partial charge in [-0.1, -0.05) is 83.1 Å². The van der Waals surface area contributed by atoms with E-state index in [1.807, 2.05) is 0 Å². The van der Waals surface area contributed by atoms with Crippen LogP contribution in [0.1, 0.15) is 56.9 Å². The average molecular weight is 486 g/mol. The smallest absolute Gasteiger partial charge is 0.147 e. The summed E-state index contributed by atoms with van der Waals surface area (Å²) < 4.78 is 6.83. The Morgan fingerprint density at radius 3 is 2.32 bits per heavy atom. The Kier molecular flexibility index (Phi) is 5.42. The van der Waals surface area contributed by atoms with Crippen molar-refractivity contribution in [1.82, 2.24) is 4.98 Å². The largest absolute Gasteiger partial charge is 0.455 e. The minimum Gasteiger partial charge on any atom is -0.455 e. The van der Waals surface area contributed by atoms with Gasteiger partial charge in [0.05, 0.1) is 16.6 Å². The van der Waals surface area contributed by atoms with E-state index in [1.54, 1.807) is 0 Å². The Bertz CT molecular complexity index is 1830.